The summed E-state index contributed by atoms with van der Waals surface area (Å²) >= 11 is 8.82. The van der Waals surface area contributed by atoms with Gasteiger partial charge in [0, 0.05) is 5.69 Å². The Morgan fingerprint density at radius 1 is 1.32 bits per heavy atom. The van der Waals surface area contributed by atoms with Crippen LogP contribution in [0.4, 0.5) is 21.5 Å². The van der Waals surface area contributed by atoms with Gasteiger partial charge in [0.1, 0.15) is 16.5 Å². The lowest BCUT2D eigenvalue weighted by molar-refractivity contribution is -0.383. The molecule has 0 aromatic heterocycles. The van der Waals surface area contributed by atoms with Crippen molar-refractivity contribution in [1.82, 2.24) is 0 Å². The van der Waals surface area contributed by atoms with E-state index in [9.17, 15) is 14.5 Å². The molecule has 0 saturated heterocycles. The molecule has 4 nitrogen and oxygen atoms in total. The third-order valence-electron chi connectivity index (χ3n) is 2.37. The summed E-state index contributed by atoms with van der Waals surface area (Å²) in [6.07, 6.45) is 0. The van der Waals surface area contributed by atoms with E-state index in [0.717, 1.165) is 0 Å². The Bertz CT molecular complexity index is 652. The molecule has 0 amide bonds. The molecule has 0 heterocycles. The number of nitro groups is 1. The number of nitrogens with zero attached hydrogens (tertiary/aromatic N) is 1. The molecule has 19 heavy (non-hydrogen) atoms. The molecule has 0 fully saturated rings. The van der Waals surface area contributed by atoms with Gasteiger partial charge in [0.25, 0.3) is 0 Å². The first-order valence-corrected chi connectivity index (χ1v) is 6.31. The first-order valence-electron chi connectivity index (χ1n) is 5.14. The maximum atomic E-state index is 13.4. The summed E-state index contributed by atoms with van der Waals surface area (Å²) in [5, 5.41) is 13.8. The van der Waals surface area contributed by atoms with Crippen molar-refractivity contribution in [2.45, 2.75) is 0 Å². The first-order chi connectivity index (χ1) is 8.99. The predicted molar refractivity (Wildman–Crippen MR) is 75.5 cm³/mol. The normalized spacial score (nSPS) is 10.3. The number of halogens is 3. The average molecular weight is 346 g/mol. The molecule has 0 atom stereocenters. The molecule has 2 rings (SSSR count). The lowest BCUT2D eigenvalue weighted by Gasteiger charge is -2.08. The van der Waals surface area contributed by atoms with E-state index < -0.39 is 10.7 Å². The Labute approximate surface area is 121 Å². The summed E-state index contributed by atoms with van der Waals surface area (Å²) in [5.41, 5.74) is 0.359. The zero-order chi connectivity index (χ0) is 14.0. The van der Waals surface area contributed by atoms with Gasteiger partial charge in [-0.25, -0.2) is 4.39 Å². The summed E-state index contributed by atoms with van der Waals surface area (Å²) in [7, 11) is 0. The molecular formula is C12H7BrClFN2O2. The summed E-state index contributed by atoms with van der Waals surface area (Å²) in [6.45, 7) is 0. The number of benzene rings is 2. The van der Waals surface area contributed by atoms with Crippen molar-refractivity contribution in [3.8, 4) is 0 Å². The van der Waals surface area contributed by atoms with E-state index in [1.54, 1.807) is 12.1 Å². The number of rotatable bonds is 3. The van der Waals surface area contributed by atoms with E-state index in [1.165, 1.54) is 24.3 Å². The molecule has 2 aromatic carbocycles. The molecule has 0 radical (unpaired) electrons. The second kappa shape index (κ2) is 5.54. The highest BCUT2D eigenvalue weighted by Gasteiger charge is 2.18. The number of hydrogen-bond donors (Lipinski definition) is 1. The molecule has 1 N–H and O–H groups in total. The monoisotopic (exact) mass is 344 g/mol. The summed E-state index contributed by atoms with van der Waals surface area (Å²) < 4.78 is 13.7. The third kappa shape index (κ3) is 3.02. The van der Waals surface area contributed by atoms with Gasteiger partial charge in [-0.1, -0.05) is 17.7 Å². The van der Waals surface area contributed by atoms with Gasteiger partial charge in [0.05, 0.1) is 9.40 Å². The third-order valence-corrected chi connectivity index (χ3v) is 3.32. The van der Waals surface area contributed by atoms with Crippen LogP contribution in [-0.4, -0.2) is 4.92 Å². The van der Waals surface area contributed by atoms with E-state index in [4.69, 9.17) is 11.6 Å². The fourth-order valence-electron chi connectivity index (χ4n) is 1.53. The summed E-state index contributed by atoms with van der Waals surface area (Å²) in [5.74, 6) is -0.463. The van der Waals surface area contributed by atoms with Crippen LogP contribution in [0.5, 0.6) is 0 Å². The molecule has 0 aliphatic carbocycles. The molecular weight excluding hydrogens is 338 g/mol. The van der Waals surface area contributed by atoms with Crippen LogP contribution in [0.1, 0.15) is 0 Å². The summed E-state index contributed by atoms with van der Waals surface area (Å²) in [6, 6.07) is 8.84. The minimum atomic E-state index is -0.583. The van der Waals surface area contributed by atoms with E-state index >= 15 is 0 Å². The van der Waals surface area contributed by atoms with Crippen LogP contribution in [0, 0.1) is 15.9 Å². The number of anilines is 2. The maximum Gasteiger partial charge on any atom is 0.311 e. The largest absolute Gasteiger partial charge is 0.350 e. The molecule has 7 heteroatoms. The van der Waals surface area contributed by atoms with Crippen molar-refractivity contribution in [2.75, 3.05) is 5.32 Å². The average Bonchev–Trinajstić information content (AvgIpc) is 2.33. The molecule has 0 unspecified atom stereocenters. The van der Waals surface area contributed by atoms with Crippen molar-refractivity contribution in [3.05, 3.63) is 61.8 Å². The van der Waals surface area contributed by atoms with Gasteiger partial charge in [0.2, 0.25) is 0 Å². The Morgan fingerprint density at radius 3 is 2.68 bits per heavy atom. The van der Waals surface area contributed by atoms with Gasteiger partial charge in [-0.15, -0.1) is 0 Å². The Balaban J connectivity index is 2.40. The summed E-state index contributed by atoms with van der Waals surface area (Å²) in [4.78, 5) is 10.4. The number of nitro benzene ring substituents is 1. The zero-order valence-corrected chi connectivity index (χ0v) is 11.7. The van der Waals surface area contributed by atoms with Crippen LogP contribution in [0.15, 0.2) is 40.9 Å². The minimum absolute atomic E-state index is 0.0209. The highest BCUT2D eigenvalue weighted by molar-refractivity contribution is 9.10. The molecule has 0 bridgehead atoms. The molecule has 0 aliphatic heterocycles. The molecule has 98 valence electrons. The lowest BCUT2D eigenvalue weighted by atomic mass is 10.2. The fraction of sp³-hybridized carbons (Fsp3) is 0. The van der Waals surface area contributed by atoms with Crippen molar-refractivity contribution in [3.63, 3.8) is 0 Å². The molecule has 0 aliphatic rings. The highest BCUT2D eigenvalue weighted by Crippen LogP contribution is 2.34. The SMILES string of the molecule is O=[N+]([O-])c1c(Cl)cccc1Nc1ccc(Br)c(F)c1. The van der Waals surface area contributed by atoms with Crippen LogP contribution >= 0.6 is 27.5 Å². The van der Waals surface area contributed by atoms with Gasteiger partial charge >= 0.3 is 5.69 Å². The standard InChI is InChI=1S/C12H7BrClFN2O2/c13-8-5-4-7(6-10(8)15)16-11-3-1-2-9(14)12(11)17(18)19/h1-6,16H. The van der Waals surface area contributed by atoms with Crippen LogP contribution < -0.4 is 5.32 Å². The second-order valence-electron chi connectivity index (χ2n) is 3.65. The van der Waals surface area contributed by atoms with Crippen molar-refractivity contribution >= 4 is 44.6 Å². The van der Waals surface area contributed by atoms with E-state index in [2.05, 4.69) is 21.2 Å². The predicted octanol–water partition coefficient (Wildman–Crippen LogP) is 4.89. The van der Waals surface area contributed by atoms with Gasteiger partial charge in [0.15, 0.2) is 0 Å². The smallest absolute Gasteiger partial charge is 0.311 e. The van der Waals surface area contributed by atoms with Crippen LogP contribution in [0.25, 0.3) is 0 Å². The van der Waals surface area contributed by atoms with Gasteiger partial charge in [-0.3, -0.25) is 10.1 Å². The number of nitrogens with one attached hydrogen (secondary N) is 1. The zero-order valence-electron chi connectivity index (χ0n) is 9.36. The fourth-order valence-corrected chi connectivity index (χ4v) is 2.02. The first kappa shape index (κ1) is 13.8. The highest BCUT2D eigenvalue weighted by atomic mass is 79.9. The quantitative estimate of drug-likeness (QED) is 0.636. The Morgan fingerprint density at radius 2 is 2.05 bits per heavy atom. The Hall–Kier alpha value is -1.66. The van der Waals surface area contributed by atoms with Crippen molar-refractivity contribution in [2.24, 2.45) is 0 Å². The van der Waals surface area contributed by atoms with Gasteiger partial charge in [-0.05, 0) is 46.3 Å². The van der Waals surface area contributed by atoms with Crippen LogP contribution in [-0.2, 0) is 0 Å². The van der Waals surface area contributed by atoms with Crippen LogP contribution in [0.3, 0.4) is 0 Å². The molecule has 0 spiro atoms. The van der Waals surface area contributed by atoms with Crippen molar-refractivity contribution < 1.29 is 9.31 Å². The topological polar surface area (TPSA) is 55.2 Å². The minimum Gasteiger partial charge on any atom is -0.350 e. The molecule has 2 aromatic rings. The second-order valence-corrected chi connectivity index (χ2v) is 4.91. The Kier molecular flexibility index (Phi) is 4.01. The van der Waals surface area contributed by atoms with Gasteiger partial charge in [-0.2, -0.15) is 0 Å². The number of para-hydroxylation sites is 1. The van der Waals surface area contributed by atoms with Crippen molar-refractivity contribution in [1.29, 1.82) is 0 Å². The van der Waals surface area contributed by atoms with E-state index in [1.807, 2.05) is 0 Å². The lowest BCUT2D eigenvalue weighted by Crippen LogP contribution is -1.98. The van der Waals surface area contributed by atoms with E-state index in [0.29, 0.717) is 10.2 Å². The number of hydrogen-bond acceptors (Lipinski definition) is 3. The van der Waals surface area contributed by atoms with Crippen LogP contribution in [0.2, 0.25) is 5.02 Å². The van der Waals surface area contributed by atoms with E-state index in [-0.39, 0.29) is 16.4 Å². The molecule has 0 saturated carbocycles. The van der Waals surface area contributed by atoms with Gasteiger partial charge < -0.3 is 5.32 Å². The maximum absolute atomic E-state index is 13.4.